The highest BCUT2D eigenvalue weighted by Gasteiger charge is 2.19. The molecule has 1 aliphatic carbocycles. The second-order valence-corrected chi connectivity index (χ2v) is 6.24. The second-order valence-electron chi connectivity index (χ2n) is 6.24. The zero-order valence-corrected chi connectivity index (χ0v) is 11.7. The van der Waals surface area contributed by atoms with Crippen molar-refractivity contribution in [1.29, 1.82) is 0 Å². The molecule has 0 aromatic heterocycles. The number of aliphatic hydroxyl groups excluding tert-OH is 1. The van der Waals surface area contributed by atoms with Crippen molar-refractivity contribution in [2.75, 3.05) is 0 Å². The highest BCUT2D eigenvalue weighted by Crippen LogP contribution is 2.33. The van der Waals surface area contributed by atoms with Crippen molar-refractivity contribution in [2.24, 2.45) is 11.8 Å². The van der Waals surface area contributed by atoms with E-state index in [1.54, 1.807) is 0 Å². The lowest BCUT2D eigenvalue weighted by molar-refractivity contribution is 0.145. The fourth-order valence-electron chi connectivity index (χ4n) is 3.10. The van der Waals surface area contributed by atoms with E-state index in [2.05, 4.69) is 38.1 Å². The first-order chi connectivity index (χ1) is 8.65. The quantitative estimate of drug-likeness (QED) is 0.811. The van der Waals surface area contributed by atoms with Gasteiger partial charge < -0.3 is 5.11 Å². The van der Waals surface area contributed by atoms with Gasteiger partial charge in [-0.05, 0) is 35.8 Å². The summed E-state index contributed by atoms with van der Waals surface area (Å²) in [5.41, 5.74) is 2.47. The SMILES string of the molecule is CC(C)Cc1cccc(C(O)CC2CCCC2)c1. The van der Waals surface area contributed by atoms with E-state index < -0.39 is 0 Å². The minimum Gasteiger partial charge on any atom is -0.388 e. The molecule has 1 fully saturated rings. The number of hydrogen-bond acceptors (Lipinski definition) is 1. The normalized spacial score (nSPS) is 18.4. The first-order valence-corrected chi connectivity index (χ1v) is 7.42. The Hall–Kier alpha value is -0.820. The summed E-state index contributed by atoms with van der Waals surface area (Å²) in [6, 6.07) is 8.53. The molecular formula is C17H26O. The first-order valence-electron chi connectivity index (χ1n) is 7.42. The predicted molar refractivity (Wildman–Crippen MR) is 76.5 cm³/mol. The van der Waals surface area contributed by atoms with Gasteiger partial charge in [-0.25, -0.2) is 0 Å². The van der Waals surface area contributed by atoms with Gasteiger partial charge in [0.25, 0.3) is 0 Å². The van der Waals surface area contributed by atoms with E-state index in [1.807, 2.05) is 0 Å². The summed E-state index contributed by atoms with van der Waals surface area (Å²) in [5.74, 6) is 1.42. The van der Waals surface area contributed by atoms with Crippen molar-refractivity contribution in [3.63, 3.8) is 0 Å². The standard InChI is InChI=1S/C17H26O/c1-13(2)10-15-8-5-9-16(11-15)17(18)12-14-6-3-4-7-14/h5,8-9,11,13-14,17-18H,3-4,6-7,10,12H2,1-2H3. The van der Waals surface area contributed by atoms with Gasteiger partial charge in [-0.3, -0.25) is 0 Å². The maximum Gasteiger partial charge on any atom is 0.0792 e. The Morgan fingerprint density at radius 1 is 1.22 bits per heavy atom. The van der Waals surface area contributed by atoms with Crippen LogP contribution in [0.5, 0.6) is 0 Å². The van der Waals surface area contributed by atoms with Crippen LogP contribution in [0.1, 0.15) is 63.2 Å². The molecule has 1 atom stereocenters. The van der Waals surface area contributed by atoms with Gasteiger partial charge in [-0.2, -0.15) is 0 Å². The van der Waals surface area contributed by atoms with Gasteiger partial charge in [0, 0.05) is 0 Å². The molecule has 0 heterocycles. The summed E-state index contributed by atoms with van der Waals surface area (Å²) in [4.78, 5) is 0. The Kier molecular flexibility index (Phi) is 4.82. The molecule has 0 aliphatic heterocycles. The van der Waals surface area contributed by atoms with Crippen LogP contribution in [0.4, 0.5) is 0 Å². The number of rotatable bonds is 5. The minimum atomic E-state index is -0.264. The van der Waals surface area contributed by atoms with E-state index in [1.165, 1.54) is 31.2 Å². The highest BCUT2D eigenvalue weighted by molar-refractivity contribution is 5.25. The van der Waals surface area contributed by atoms with Gasteiger partial charge in [0.2, 0.25) is 0 Å². The molecule has 0 saturated heterocycles. The third-order valence-corrected chi connectivity index (χ3v) is 4.01. The Bertz CT molecular complexity index is 364. The van der Waals surface area contributed by atoms with Gasteiger partial charge in [0.15, 0.2) is 0 Å². The van der Waals surface area contributed by atoms with E-state index in [0.29, 0.717) is 5.92 Å². The molecule has 18 heavy (non-hydrogen) atoms. The van der Waals surface area contributed by atoms with Crippen molar-refractivity contribution in [2.45, 2.75) is 58.5 Å². The van der Waals surface area contributed by atoms with Gasteiger partial charge in [-0.15, -0.1) is 0 Å². The second kappa shape index (κ2) is 6.38. The molecule has 1 nitrogen and oxygen atoms in total. The lowest BCUT2D eigenvalue weighted by Gasteiger charge is -2.17. The Labute approximate surface area is 111 Å². The molecular weight excluding hydrogens is 220 g/mol. The summed E-state index contributed by atoms with van der Waals surface area (Å²) in [5, 5.41) is 10.3. The van der Waals surface area contributed by atoms with Crippen LogP contribution in [0.2, 0.25) is 0 Å². The van der Waals surface area contributed by atoms with Crippen LogP contribution in [-0.2, 0) is 6.42 Å². The molecule has 0 spiro atoms. The zero-order valence-electron chi connectivity index (χ0n) is 11.7. The third-order valence-electron chi connectivity index (χ3n) is 4.01. The smallest absolute Gasteiger partial charge is 0.0792 e. The van der Waals surface area contributed by atoms with E-state index in [-0.39, 0.29) is 6.10 Å². The number of aliphatic hydroxyl groups is 1. The van der Waals surface area contributed by atoms with E-state index in [4.69, 9.17) is 0 Å². The average Bonchev–Trinajstić information content (AvgIpc) is 2.81. The summed E-state index contributed by atoms with van der Waals surface area (Å²) in [7, 11) is 0. The maximum absolute atomic E-state index is 10.3. The van der Waals surface area contributed by atoms with E-state index >= 15 is 0 Å². The van der Waals surface area contributed by atoms with Gasteiger partial charge in [0.1, 0.15) is 0 Å². The van der Waals surface area contributed by atoms with E-state index in [0.717, 1.165) is 24.3 Å². The molecule has 0 radical (unpaired) electrons. The monoisotopic (exact) mass is 246 g/mol. The largest absolute Gasteiger partial charge is 0.388 e. The van der Waals surface area contributed by atoms with Gasteiger partial charge in [-0.1, -0.05) is 63.8 Å². The van der Waals surface area contributed by atoms with Crippen molar-refractivity contribution in [3.8, 4) is 0 Å². The van der Waals surface area contributed by atoms with Gasteiger partial charge >= 0.3 is 0 Å². The molecule has 1 N–H and O–H groups in total. The molecule has 1 aromatic carbocycles. The zero-order chi connectivity index (χ0) is 13.0. The molecule has 1 saturated carbocycles. The molecule has 1 heteroatoms. The third kappa shape index (κ3) is 3.84. The molecule has 0 amide bonds. The molecule has 1 aromatic rings. The summed E-state index contributed by atoms with van der Waals surface area (Å²) < 4.78 is 0. The fourth-order valence-corrected chi connectivity index (χ4v) is 3.10. The van der Waals surface area contributed by atoms with Crippen LogP contribution in [0.15, 0.2) is 24.3 Å². The molecule has 1 unspecified atom stereocenters. The van der Waals surface area contributed by atoms with Crippen LogP contribution in [0, 0.1) is 11.8 Å². The number of benzene rings is 1. The summed E-state index contributed by atoms with van der Waals surface area (Å²) in [6.07, 6.45) is 7.11. The minimum absolute atomic E-state index is 0.264. The van der Waals surface area contributed by atoms with Crippen LogP contribution in [-0.4, -0.2) is 5.11 Å². The van der Waals surface area contributed by atoms with E-state index in [9.17, 15) is 5.11 Å². The van der Waals surface area contributed by atoms with Crippen molar-refractivity contribution >= 4 is 0 Å². The lowest BCUT2D eigenvalue weighted by Crippen LogP contribution is -2.05. The summed E-state index contributed by atoms with van der Waals surface area (Å²) >= 11 is 0. The molecule has 2 rings (SSSR count). The fraction of sp³-hybridized carbons (Fsp3) is 0.647. The van der Waals surface area contributed by atoms with Crippen LogP contribution in [0.3, 0.4) is 0 Å². The first kappa shape index (κ1) is 13.6. The Balaban J connectivity index is 1.98. The Morgan fingerprint density at radius 2 is 1.94 bits per heavy atom. The number of hydrogen-bond donors (Lipinski definition) is 1. The Morgan fingerprint density at radius 3 is 2.61 bits per heavy atom. The maximum atomic E-state index is 10.3. The van der Waals surface area contributed by atoms with Crippen LogP contribution in [0.25, 0.3) is 0 Å². The van der Waals surface area contributed by atoms with Crippen molar-refractivity contribution in [1.82, 2.24) is 0 Å². The lowest BCUT2D eigenvalue weighted by atomic mass is 9.93. The summed E-state index contributed by atoms with van der Waals surface area (Å²) in [6.45, 7) is 4.48. The van der Waals surface area contributed by atoms with Crippen molar-refractivity contribution in [3.05, 3.63) is 35.4 Å². The van der Waals surface area contributed by atoms with Crippen molar-refractivity contribution < 1.29 is 5.11 Å². The molecule has 0 bridgehead atoms. The topological polar surface area (TPSA) is 20.2 Å². The molecule has 100 valence electrons. The molecule has 1 aliphatic rings. The van der Waals surface area contributed by atoms with Crippen LogP contribution >= 0.6 is 0 Å². The van der Waals surface area contributed by atoms with Gasteiger partial charge in [0.05, 0.1) is 6.10 Å². The highest BCUT2D eigenvalue weighted by atomic mass is 16.3. The predicted octanol–water partition coefficient (Wildman–Crippen LogP) is 4.50. The van der Waals surface area contributed by atoms with Crippen LogP contribution < -0.4 is 0 Å². The average molecular weight is 246 g/mol.